The zero-order valence-electron chi connectivity index (χ0n) is 10.0. The molecule has 3 nitrogen and oxygen atoms in total. The van der Waals surface area contributed by atoms with Crippen LogP contribution >= 0.6 is 0 Å². The molecule has 1 saturated carbocycles. The van der Waals surface area contributed by atoms with Gasteiger partial charge in [0.25, 0.3) is 0 Å². The second-order valence-electron chi connectivity index (χ2n) is 4.95. The molecule has 0 radical (unpaired) electrons. The molecule has 0 atom stereocenters. The van der Waals surface area contributed by atoms with Crippen LogP contribution in [0.15, 0.2) is 0 Å². The van der Waals surface area contributed by atoms with Crippen molar-refractivity contribution in [3.63, 3.8) is 0 Å². The van der Waals surface area contributed by atoms with E-state index in [-0.39, 0.29) is 5.25 Å². The molecular weight excluding hydrogens is 210 g/mol. The van der Waals surface area contributed by atoms with Crippen LogP contribution in [0.1, 0.15) is 40.0 Å². The minimum Gasteiger partial charge on any atom is -0.316 e. The molecule has 1 N–H and O–H groups in total. The van der Waals surface area contributed by atoms with Crippen molar-refractivity contribution in [2.45, 2.75) is 45.3 Å². The van der Waals surface area contributed by atoms with E-state index < -0.39 is 9.84 Å². The monoisotopic (exact) mass is 233 g/mol. The molecule has 15 heavy (non-hydrogen) atoms. The van der Waals surface area contributed by atoms with Crippen LogP contribution in [0.5, 0.6) is 0 Å². The quantitative estimate of drug-likeness (QED) is 0.726. The Morgan fingerprint density at radius 3 is 2.33 bits per heavy atom. The average molecular weight is 233 g/mol. The summed E-state index contributed by atoms with van der Waals surface area (Å²) >= 11 is 0. The SMILES string of the molecule is CCNCC1(CCS(=O)(=O)C(C)C)CC1. The Kier molecular flexibility index (Phi) is 4.18. The van der Waals surface area contributed by atoms with Gasteiger partial charge in [0.15, 0.2) is 9.84 Å². The standard InChI is InChI=1S/C11H23NO2S/c1-4-12-9-11(5-6-11)7-8-15(13,14)10(2)3/h10,12H,4-9H2,1-3H3. The van der Waals surface area contributed by atoms with Gasteiger partial charge in [-0.05, 0) is 45.1 Å². The predicted molar refractivity (Wildman–Crippen MR) is 63.8 cm³/mol. The second-order valence-corrected chi connectivity index (χ2v) is 7.62. The molecule has 4 heteroatoms. The summed E-state index contributed by atoms with van der Waals surface area (Å²) in [4.78, 5) is 0. The predicted octanol–water partition coefficient (Wildman–Crippen LogP) is 1.59. The normalized spacial score (nSPS) is 19.5. The van der Waals surface area contributed by atoms with Gasteiger partial charge in [0, 0.05) is 6.54 Å². The Morgan fingerprint density at radius 2 is 1.93 bits per heavy atom. The molecule has 1 rings (SSSR count). The number of hydrogen-bond donors (Lipinski definition) is 1. The molecule has 0 heterocycles. The molecule has 0 aromatic heterocycles. The van der Waals surface area contributed by atoms with Crippen LogP contribution in [-0.4, -0.2) is 32.5 Å². The Bertz CT molecular complexity index is 292. The maximum atomic E-state index is 11.7. The van der Waals surface area contributed by atoms with Crippen molar-refractivity contribution in [1.29, 1.82) is 0 Å². The molecule has 0 amide bonds. The molecule has 0 unspecified atom stereocenters. The van der Waals surface area contributed by atoms with E-state index in [1.807, 2.05) is 0 Å². The molecule has 0 aromatic carbocycles. The molecule has 1 fully saturated rings. The maximum absolute atomic E-state index is 11.7. The molecule has 0 aromatic rings. The first-order valence-electron chi connectivity index (χ1n) is 5.84. The van der Waals surface area contributed by atoms with E-state index in [2.05, 4.69) is 12.2 Å². The molecule has 0 aliphatic heterocycles. The minimum atomic E-state index is -2.84. The Morgan fingerprint density at radius 1 is 1.33 bits per heavy atom. The highest BCUT2D eigenvalue weighted by Crippen LogP contribution is 2.48. The van der Waals surface area contributed by atoms with Crippen LogP contribution in [0.2, 0.25) is 0 Å². The van der Waals surface area contributed by atoms with Crippen molar-refractivity contribution in [1.82, 2.24) is 5.32 Å². The van der Waals surface area contributed by atoms with Crippen LogP contribution in [0.4, 0.5) is 0 Å². The van der Waals surface area contributed by atoms with Crippen LogP contribution in [0.3, 0.4) is 0 Å². The summed E-state index contributed by atoms with van der Waals surface area (Å²) < 4.78 is 23.3. The van der Waals surface area contributed by atoms with Crippen molar-refractivity contribution in [3.8, 4) is 0 Å². The van der Waals surface area contributed by atoms with Crippen molar-refractivity contribution < 1.29 is 8.42 Å². The van der Waals surface area contributed by atoms with Gasteiger partial charge < -0.3 is 5.32 Å². The van der Waals surface area contributed by atoms with Gasteiger partial charge in [-0.25, -0.2) is 8.42 Å². The number of hydrogen-bond acceptors (Lipinski definition) is 3. The highest BCUT2D eigenvalue weighted by molar-refractivity contribution is 7.91. The lowest BCUT2D eigenvalue weighted by Gasteiger charge is -2.16. The van der Waals surface area contributed by atoms with Gasteiger partial charge >= 0.3 is 0 Å². The number of sulfone groups is 1. The molecule has 90 valence electrons. The van der Waals surface area contributed by atoms with Gasteiger partial charge in [0.2, 0.25) is 0 Å². The third-order valence-corrected chi connectivity index (χ3v) is 5.55. The van der Waals surface area contributed by atoms with Crippen molar-refractivity contribution in [2.24, 2.45) is 5.41 Å². The molecule has 1 aliphatic carbocycles. The highest BCUT2D eigenvalue weighted by Gasteiger charge is 2.42. The fraction of sp³-hybridized carbons (Fsp3) is 1.00. The Balaban J connectivity index is 2.37. The summed E-state index contributed by atoms with van der Waals surface area (Å²) in [5.74, 6) is 0.357. The largest absolute Gasteiger partial charge is 0.316 e. The number of nitrogens with one attached hydrogen (secondary N) is 1. The topological polar surface area (TPSA) is 46.2 Å². The van der Waals surface area contributed by atoms with Crippen LogP contribution in [0, 0.1) is 5.41 Å². The van der Waals surface area contributed by atoms with Gasteiger partial charge in [-0.1, -0.05) is 6.92 Å². The highest BCUT2D eigenvalue weighted by atomic mass is 32.2. The Hall–Kier alpha value is -0.0900. The van der Waals surface area contributed by atoms with Gasteiger partial charge in [0.1, 0.15) is 0 Å². The van der Waals surface area contributed by atoms with E-state index in [1.54, 1.807) is 13.8 Å². The fourth-order valence-electron chi connectivity index (χ4n) is 1.68. The van der Waals surface area contributed by atoms with Crippen molar-refractivity contribution >= 4 is 9.84 Å². The minimum absolute atomic E-state index is 0.229. The average Bonchev–Trinajstić information content (AvgIpc) is 2.93. The van der Waals surface area contributed by atoms with Crippen LogP contribution in [-0.2, 0) is 9.84 Å². The van der Waals surface area contributed by atoms with E-state index in [0.29, 0.717) is 11.2 Å². The molecule has 1 aliphatic rings. The summed E-state index contributed by atoms with van der Waals surface area (Å²) in [5.41, 5.74) is 0.304. The zero-order chi connectivity index (χ0) is 11.5. The molecule has 0 spiro atoms. The first-order chi connectivity index (χ1) is 6.92. The van der Waals surface area contributed by atoms with Gasteiger partial charge in [-0.3, -0.25) is 0 Å². The van der Waals surface area contributed by atoms with E-state index in [4.69, 9.17) is 0 Å². The van der Waals surface area contributed by atoms with E-state index in [0.717, 1.165) is 19.5 Å². The smallest absolute Gasteiger partial charge is 0.152 e. The summed E-state index contributed by atoms with van der Waals surface area (Å²) in [5, 5.41) is 3.09. The lowest BCUT2D eigenvalue weighted by Crippen LogP contribution is -2.27. The van der Waals surface area contributed by atoms with E-state index in [9.17, 15) is 8.42 Å². The summed E-state index contributed by atoms with van der Waals surface area (Å²) in [6.07, 6.45) is 3.21. The Labute approximate surface area is 93.6 Å². The summed E-state index contributed by atoms with van der Waals surface area (Å²) in [6.45, 7) is 7.56. The summed E-state index contributed by atoms with van der Waals surface area (Å²) in [7, 11) is -2.84. The maximum Gasteiger partial charge on any atom is 0.152 e. The first-order valence-corrected chi connectivity index (χ1v) is 7.56. The lowest BCUT2D eigenvalue weighted by atomic mass is 10.0. The first kappa shape index (κ1) is 13.0. The molecular formula is C11H23NO2S. The summed E-state index contributed by atoms with van der Waals surface area (Å²) in [6, 6.07) is 0. The van der Waals surface area contributed by atoms with Crippen molar-refractivity contribution in [2.75, 3.05) is 18.8 Å². The van der Waals surface area contributed by atoms with Gasteiger partial charge in [0.05, 0.1) is 11.0 Å². The second kappa shape index (κ2) is 4.83. The van der Waals surface area contributed by atoms with Crippen molar-refractivity contribution in [3.05, 3.63) is 0 Å². The fourth-order valence-corrected chi connectivity index (χ4v) is 2.87. The third kappa shape index (κ3) is 3.76. The van der Waals surface area contributed by atoms with Crippen LogP contribution < -0.4 is 5.32 Å². The number of rotatable bonds is 7. The van der Waals surface area contributed by atoms with Crippen LogP contribution in [0.25, 0.3) is 0 Å². The molecule has 0 saturated heterocycles. The zero-order valence-corrected chi connectivity index (χ0v) is 10.9. The molecule has 0 bridgehead atoms. The van der Waals surface area contributed by atoms with Gasteiger partial charge in [-0.2, -0.15) is 0 Å². The van der Waals surface area contributed by atoms with E-state index >= 15 is 0 Å². The van der Waals surface area contributed by atoms with Gasteiger partial charge in [-0.15, -0.1) is 0 Å². The lowest BCUT2D eigenvalue weighted by molar-refractivity contribution is 0.448. The third-order valence-electron chi connectivity index (χ3n) is 3.34. The van der Waals surface area contributed by atoms with E-state index in [1.165, 1.54) is 12.8 Å².